The molecule has 1 aromatic rings. The van der Waals surface area contributed by atoms with Gasteiger partial charge in [-0.2, -0.15) is 0 Å². The fraction of sp³-hybridized carbons (Fsp3) is 0.545. The average Bonchev–Trinajstić information content (AvgIpc) is 2.87. The average molecular weight is 252 g/mol. The lowest BCUT2D eigenvalue weighted by Gasteiger charge is -2.33. The number of rotatable bonds is 3. The van der Waals surface area contributed by atoms with Gasteiger partial charge in [-0.15, -0.1) is 0 Å². The number of nitrogens with zero attached hydrogens (tertiary/aromatic N) is 3. The van der Waals surface area contributed by atoms with Gasteiger partial charge < -0.3 is 19.9 Å². The van der Waals surface area contributed by atoms with Crippen LogP contribution in [0, 0.1) is 0 Å². The summed E-state index contributed by atoms with van der Waals surface area (Å²) in [7, 11) is 0. The number of aromatic amines is 1. The highest BCUT2D eigenvalue weighted by molar-refractivity contribution is 6.02. The van der Waals surface area contributed by atoms with Gasteiger partial charge in [0, 0.05) is 26.2 Å². The summed E-state index contributed by atoms with van der Waals surface area (Å²) >= 11 is 0. The molecule has 2 N–H and O–H groups in total. The van der Waals surface area contributed by atoms with E-state index in [4.69, 9.17) is 5.11 Å². The van der Waals surface area contributed by atoms with Gasteiger partial charge in [0.05, 0.1) is 6.33 Å². The third kappa shape index (κ3) is 2.35. The van der Waals surface area contributed by atoms with Crippen LogP contribution in [0.5, 0.6) is 0 Å². The van der Waals surface area contributed by atoms with Crippen LogP contribution < -0.4 is 0 Å². The van der Waals surface area contributed by atoms with E-state index in [-0.39, 0.29) is 17.3 Å². The first-order chi connectivity index (χ1) is 8.63. The number of imidazole rings is 1. The third-order valence-electron chi connectivity index (χ3n) is 3.16. The molecule has 0 radical (unpaired) electrons. The van der Waals surface area contributed by atoms with Crippen LogP contribution in [0.25, 0.3) is 0 Å². The fourth-order valence-electron chi connectivity index (χ4n) is 2.04. The van der Waals surface area contributed by atoms with E-state index in [0.29, 0.717) is 13.1 Å². The van der Waals surface area contributed by atoms with Crippen molar-refractivity contribution in [3.05, 3.63) is 17.7 Å². The maximum Gasteiger partial charge on any atom is 0.354 e. The zero-order valence-corrected chi connectivity index (χ0v) is 10.2. The summed E-state index contributed by atoms with van der Waals surface area (Å²) < 4.78 is 0. The Morgan fingerprint density at radius 2 is 2.06 bits per heavy atom. The third-order valence-corrected chi connectivity index (χ3v) is 3.16. The molecule has 18 heavy (non-hydrogen) atoms. The Labute approximate surface area is 104 Å². The number of H-pyrrole nitrogens is 1. The Morgan fingerprint density at radius 1 is 1.39 bits per heavy atom. The molecule has 7 heteroatoms. The summed E-state index contributed by atoms with van der Waals surface area (Å²) in [5.41, 5.74) is -0.148. The topological polar surface area (TPSA) is 89.5 Å². The van der Waals surface area contributed by atoms with E-state index in [2.05, 4.69) is 21.8 Å². The summed E-state index contributed by atoms with van der Waals surface area (Å²) in [6, 6.07) is 0. The molecule has 1 amide bonds. The molecule has 1 saturated heterocycles. The van der Waals surface area contributed by atoms with E-state index in [0.717, 1.165) is 19.6 Å². The van der Waals surface area contributed by atoms with Gasteiger partial charge >= 0.3 is 5.97 Å². The minimum absolute atomic E-state index is 0.00699. The monoisotopic (exact) mass is 252 g/mol. The highest BCUT2D eigenvalue weighted by atomic mass is 16.4. The predicted octanol–water partition coefficient (Wildman–Crippen LogP) is -0.114. The second kappa shape index (κ2) is 5.18. The van der Waals surface area contributed by atoms with Gasteiger partial charge in [-0.25, -0.2) is 9.78 Å². The summed E-state index contributed by atoms with van der Waals surface area (Å²) in [6.45, 7) is 5.89. The van der Waals surface area contributed by atoms with Crippen LogP contribution in [0.15, 0.2) is 6.33 Å². The second-order valence-corrected chi connectivity index (χ2v) is 4.16. The molecule has 7 nitrogen and oxygen atoms in total. The molecule has 0 aliphatic carbocycles. The molecule has 1 aliphatic heterocycles. The Hall–Kier alpha value is -1.89. The largest absolute Gasteiger partial charge is 0.477 e. The van der Waals surface area contributed by atoms with E-state index < -0.39 is 5.97 Å². The highest BCUT2D eigenvalue weighted by Gasteiger charge is 2.26. The number of carboxylic acid groups (broad SMARTS) is 1. The summed E-state index contributed by atoms with van der Waals surface area (Å²) in [5.74, 6) is -1.48. The number of hydrogen-bond donors (Lipinski definition) is 2. The van der Waals surface area contributed by atoms with Gasteiger partial charge in [0.15, 0.2) is 11.4 Å². The number of amides is 1. The minimum atomic E-state index is -1.16. The Balaban J connectivity index is 2.08. The van der Waals surface area contributed by atoms with Gasteiger partial charge in [0.2, 0.25) is 0 Å². The molecule has 0 saturated carbocycles. The molecule has 0 atom stereocenters. The Bertz CT molecular complexity index is 449. The van der Waals surface area contributed by atoms with Gasteiger partial charge in [0.25, 0.3) is 5.91 Å². The van der Waals surface area contributed by atoms with Crippen molar-refractivity contribution in [3.8, 4) is 0 Å². The first-order valence-corrected chi connectivity index (χ1v) is 5.91. The summed E-state index contributed by atoms with van der Waals surface area (Å²) in [6.07, 6.45) is 1.24. The number of likely N-dealkylation sites (N-methyl/N-ethyl adjacent to an activating group) is 1. The van der Waals surface area contributed by atoms with Crippen molar-refractivity contribution in [1.82, 2.24) is 19.8 Å². The van der Waals surface area contributed by atoms with Crippen molar-refractivity contribution < 1.29 is 14.7 Å². The number of aromatic carboxylic acids is 1. The quantitative estimate of drug-likeness (QED) is 0.783. The van der Waals surface area contributed by atoms with Gasteiger partial charge in [0.1, 0.15) is 0 Å². The predicted molar refractivity (Wildman–Crippen MR) is 63.6 cm³/mol. The standard InChI is InChI=1S/C11H16N4O3/c1-2-14-3-5-15(6-4-14)10(16)8-9(11(17)18)13-7-12-8/h7H,2-6H2,1H3,(H,12,13)(H,17,18). The number of hydrogen-bond acceptors (Lipinski definition) is 4. The Morgan fingerprint density at radius 3 is 2.61 bits per heavy atom. The summed E-state index contributed by atoms with van der Waals surface area (Å²) in [4.78, 5) is 33.2. The first kappa shape index (κ1) is 12.6. The van der Waals surface area contributed by atoms with Crippen LogP contribution >= 0.6 is 0 Å². The van der Waals surface area contributed by atoms with E-state index in [1.807, 2.05) is 0 Å². The molecule has 0 aromatic carbocycles. The first-order valence-electron chi connectivity index (χ1n) is 5.91. The van der Waals surface area contributed by atoms with Crippen molar-refractivity contribution in [3.63, 3.8) is 0 Å². The van der Waals surface area contributed by atoms with Gasteiger partial charge in [-0.3, -0.25) is 4.79 Å². The van der Waals surface area contributed by atoms with Crippen LogP contribution in [-0.4, -0.2) is 69.5 Å². The van der Waals surface area contributed by atoms with E-state index in [9.17, 15) is 9.59 Å². The molecule has 1 fully saturated rings. The maximum atomic E-state index is 12.1. The number of aromatic nitrogens is 2. The van der Waals surface area contributed by atoms with Crippen LogP contribution in [0.3, 0.4) is 0 Å². The smallest absolute Gasteiger partial charge is 0.354 e. The maximum absolute atomic E-state index is 12.1. The van der Waals surface area contributed by atoms with Crippen LogP contribution in [0.2, 0.25) is 0 Å². The minimum Gasteiger partial charge on any atom is -0.477 e. The molecule has 1 aromatic heterocycles. The molecule has 0 bridgehead atoms. The number of carbonyl (C=O) groups excluding carboxylic acids is 1. The van der Waals surface area contributed by atoms with Crippen molar-refractivity contribution in [1.29, 1.82) is 0 Å². The van der Waals surface area contributed by atoms with E-state index in [1.54, 1.807) is 4.90 Å². The van der Waals surface area contributed by atoms with Gasteiger partial charge in [-0.1, -0.05) is 6.92 Å². The number of nitrogens with one attached hydrogen (secondary N) is 1. The molecule has 2 heterocycles. The number of piperazine rings is 1. The molecule has 0 unspecified atom stereocenters. The highest BCUT2D eigenvalue weighted by Crippen LogP contribution is 2.10. The molecule has 2 rings (SSSR count). The Kier molecular flexibility index (Phi) is 3.61. The second-order valence-electron chi connectivity index (χ2n) is 4.16. The van der Waals surface area contributed by atoms with Gasteiger partial charge in [-0.05, 0) is 6.54 Å². The number of carboxylic acids is 1. The lowest BCUT2D eigenvalue weighted by molar-refractivity contribution is 0.0614. The lowest BCUT2D eigenvalue weighted by atomic mass is 10.2. The van der Waals surface area contributed by atoms with Crippen LogP contribution in [0.1, 0.15) is 27.9 Å². The van der Waals surface area contributed by atoms with E-state index in [1.165, 1.54) is 6.33 Å². The summed E-state index contributed by atoms with van der Waals surface area (Å²) in [5, 5.41) is 8.93. The number of carbonyl (C=O) groups is 2. The van der Waals surface area contributed by atoms with Crippen molar-refractivity contribution >= 4 is 11.9 Å². The lowest BCUT2D eigenvalue weighted by Crippen LogP contribution is -2.48. The molecular weight excluding hydrogens is 236 g/mol. The normalized spacial score (nSPS) is 16.8. The SMILES string of the molecule is CCN1CCN(C(=O)c2nc[nH]c2C(=O)O)CC1. The van der Waals surface area contributed by atoms with Crippen molar-refractivity contribution in [2.24, 2.45) is 0 Å². The molecule has 0 spiro atoms. The van der Waals surface area contributed by atoms with Crippen LogP contribution in [-0.2, 0) is 0 Å². The molecule has 98 valence electrons. The van der Waals surface area contributed by atoms with Crippen molar-refractivity contribution in [2.75, 3.05) is 32.7 Å². The zero-order chi connectivity index (χ0) is 13.1. The fourth-order valence-corrected chi connectivity index (χ4v) is 2.04. The van der Waals surface area contributed by atoms with E-state index >= 15 is 0 Å². The molecule has 1 aliphatic rings. The van der Waals surface area contributed by atoms with Crippen molar-refractivity contribution in [2.45, 2.75) is 6.92 Å². The zero-order valence-electron chi connectivity index (χ0n) is 10.2. The molecular formula is C11H16N4O3. The van der Waals surface area contributed by atoms with Crippen LogP contribution in [0.4, 0.5) is 0 Å².